The van der Waals surface area contributed by atoms with Gasteiger partial charge in [-0.05, 0) is 0 Å². The van der Waals surface area contributed by atoms with Gasteiger partial charge in [0.15, 0.2) is 0 Å². The zero-order valence-electron chi connectivity index (χ0n) is 7.36. The van der Waals surface area contributed by atoms with Crippen molar-refractivity contribution >= 4 is 17.9 Å². The molecule has 0 unspecified atom stereocenters. The van der Waals surface area contributed by atoms with Gasteiger partial charge in [-0.2, -0.15) is 0 Å². The highest BCUT2D eigenvalue weighted by molar-refractivity contribution is 6.01. The topological polar surface area (TPSA) is 95.9 Å². The summed E-state index contributed by atoms with van der Waals surface area (Å²) < 4.78 is 4.53. The number of aliphatic hydroxyl groups excluding tert-OH is 1. The van der Waals surface area contributed by atoms with Crippen molar-refractivity contribution in [1.29, 1.82) is 0 Å². The van der Waals surface area contributed by atoms with Crippen molar-refractivity contribution in [2.75, 3.05) is 26.3 Å². The number of hydrogen-bond donors (Lipinski definition) is 2. The lowest BCUT2D eigenvalue weighted by Crippen LogP contribution is -2.53. The van der Waals surface area contributed by atoms with Gasteiger partial charge in [0.1, 0.15) is 19.7 Å². The van der Waals surface area contributed by atoms with Gasteiger partial charge in [-0.3, -0.25) is 19.8 Å². The minimum absolute atomic E-state index is 0.148. The van der Waals surface area contributed by atoms with Gasteiger partial charge in [-0.25, -0.2) is 4.79 Å². The standard InChI is InChI=1S/C7H10N2O5/c10-1-2-14-7(13)9-3-5(11)8-6(12)4-9/h10H,1-4H2,(H,8,11,12). The van der Waals surface area contributed by atoms with Crippen molar-refractivity contribution in [3.63, 3.8) is 0 Å². The molecule has 0 aromatic rings. The molecule has 1 fully saturated rings. The maximum atomic E-state index is 11.1. The van der Waals surface area contributed by atoms with Gasteiger partial charge in [-0.15, -0.1) is 0 Å². The summed E-state index contributed by atoms with van der Waals surface area (Å²) in [5, 5.41) is 10.4. The molecular weight excluding hydrogens is 192 g/mol. The smallest absolute Gasteiger partial charge is 0.410 e. The summed E-state index contributed by atoms with van der Waals surface area (Å²) >= 11 is 0. The quantitative estimate of drug-likeness (QED) is 0.508. The largest absolute Gasteiger partial charge is 0.447 e. The molecule has 7 nitrogen and oxygen atoms in total. The fraction of sp³-hybridized carbons (Fsp3) is 0.571. The summed E-state index contributed by atoms with van der Waals surface area (Å²) in [6, 6.07) is 0. The van der Waals surface area contributed by atoms with Crippen molar-refractivity contribution in [2.24, 2.45) is 0 Å². The predicted molar refractivity (Wildman–Crippen MR) is 43.2 cm³/mol. The zero-order valence-corrected chi connectivity index (χ0v) is 7.36. The van der Waals surface area contributed by atoms with Crippen molar-refractivity contribution in [1.82, 2.24) is 10.2 Å². The van der Waals surface area contributed by atoms with Gasteiger partial charge < -0.3 is 9.84 Å². The number of carbonyl (C=O) groups excluding carboxylic acids is 3. The van der Waals surface area contributed by atoms with E-state index < -0.39 is 17.9 Å². The molecule has 0 saturated carbocycles. The Hall–Kier alpha value is -1.63. The third-order valence-electron chi connectivity index (χ3n) is 1.52. The van der Waals surface area contributed by atoms with E-state index in [4.69, 9.17) is 5.11 Å². The summed E-state index contributed by atoms with van der Waals surface area (Å²) in [4.78, 5) is 33.7. The van der Waals surface area contributed by atoms with Crippen LogP contribution in [0.5, 0.6) is 0 Å². The van der Waals surface area contributed by atoms with Crippen LogP contribution >= 0.6 is 0 Å². The molecule has 1 saturated heterocycles. The Bertz CT molecular complexity index is 249. The van der Waals surface area contributed by atoms with Crippen molar-refractivity contribution in [3.05, 3.63) is 0 Å². The Balaban J connectivity index is 2.46. The maximum Gasteiger partial charge on any atom is 0.410 e. The lowest BCUT2D eigenvalue weighted by atomic mass is 10.4. The Labute approximate surface area is 79.6 Å². The summed E-state index contributed by atoms with van der Waals surface area (Å²) in [5.41, 5.74) is 0. The van der Waals surface area contributed by atoms with Gasteiger partial charge in [0, 0.05) is 0 Å². The highest BCUT2D eigenvalue weighted by atomic mass is 16.6. The molecule has 1 aliphatic heterocycles. The van der Waals surface area contributed by atoms with E-state index in [0.717, 1.165) is 4.90 Å². The molecule has 0 aliphatic carbocycles. The van der Waals surface area contributed by atoms with E-state index in [1.165, 1.54) is 0 Å². The van der Waals surface area contributed by atoms with Gasteiger partial charge >= 0.3 is 6.09 Å². The summed E-state index contributed by atoms with van der Waals surface area (Å²) in [7, 11) is 0. The number of nitrogens with zero attached hydrogens (tertiary/aromatic N) is 1. The van der Waals surface area contributed by atoms with E-state index in [1.807, 2.05) is 5.32 Å². The number of carbonyl (C=O) groups is 3. The Morgan fingerprint density at radius 1 is 1.43 bits per heavy atom. The molecule has 7 heteroatoms. The monoisotopic (exact) mass is 202 g/mol. The molecule has 0 radical (unpaired) electrons. The summed E-state index contributed by atoms with van der Waals surface area (Å²) in [6.45, 7) is -0.836. The van der Waals surface area contributed by atoms with Crippen LogP contribution in [0.4, 0.5) is 4.79 Å². The maximum absolute atomic E-state index is 11.1. The fourth-order valence-corrected chi connectivity index (χ4v) is 0.990. The van der Waals surface area contributed by atoms with E-state index in [1.54, 1.807) is 0 Å². The minimum atomic E-state index is -0.776. The molecule has 1 aliphatic rings. The van der Waals surface area contributed by atoms with Gasteiger partial charge in [0.25, 0.3) is 0 Å². The lowest BCUT2D eigenvalue weighted by Gasteiger charge is -2.24. The highest BCUT2D eigenvalue weighted by Gasteiger charge is 2.27. The first-order valence-corrected chi connectivity index (χ1v) is 3.98. The summed E-state index contributed by atoms with van der Waals surface area (Å²) in [5.74, 6) is -1.08. The molecule has 14 heavy (non-hydrogen) atoms. The van der Waals surface area contributed by atoms with E-state index in [2.05, 4.69) is 4.74 Å². The van der Waals surface area contributed by atoms with Crippen molar-refractivity contribution < 1.29 is 24.2 Å². The molecule has 0 bridgehead atoms. The van der Waals surface area contributed by atoms with Crippen LogP contribution in [0.3, 0.4) is 0 Å². The second kappa shape index (κ2) is 4.56. The first-order valence-electron chi connectivity index (χ1n) is 3.98. The molecule has 0 aromatic carbocycles. The SMILES string of the molecule is O=C1CN(C(=O)OCCO)CC(=O)N1. The number of imide groups is 1. The predicted octanol–water partition coefficient (Wildman–Crippen LogP) is -1.93. The van der Waals surface area contributed by atoms with Gasteiger partial charge in [-0.1, -0.05) is 0 Å². The molecule has 2 N–H and O–H groups in total. The van der Waals surface area contributed by atoms with Gasteiger partial charge in [0.05, 0.1) is 6.61 Å². The average molecular weight is 202 g/mol. The Morgan fingerprint density at radius 2 is 2.00 bits per heavy atom. The number of hydrogen-bond acceptors (Lipinski definition) is 5. The third kappa shape index (κ3) is 2.70. The average Bonchev–Trinajstić information content (AvgIpc) is 2.12. The second-order valence-corrected chi connectivity index (χ2v) is 2.67. The van der Waals surface area contributed by atoms with E-state index in [-0.39, 0.29) is 26.3 Å². The summed E-state index contributed by atoms with van der Waals surface area (Å²) in [6.07, 6.45) is -0.776. The molecule has 0 spiro atoms. The van der Waals surface area contributed by atoms with Crippen molar-refractivity contribution in [3.8, 4) is 0 Å². The third-order valence-corrected chi connectivity index (χ3v) is 1.52. The molecule has 0 atom stereocenters. The number of amides is 3. The van der Waals surface area contributed by atoms with Gasteiger partial charge in [0.2, 0.25) is 11.8 Å². The van der Waals surface area contributed by atoms with Crippen LogP contribution in [0.1, 0.15) is 0 Å². The fourth-order valence-electron chi connectivity index (χ4n) is 0.990. The highest BCUT2D eigenvalue weighted by Crippen LogP contribution is 1.97. The second-order valence-electron chi connectivity index (χ2n) is 2.67. The zero-order chi connectivity index (χ0) is 10.6. The minimum Gasteiger partial charge on any atom is -0.447 e. The normalized spacial score (nSPS) is 16.5. The van der Waals surface area contributed by atoms with Crippen LogP contribution in [0.15, 0.2) is 0 Å². The van der Waals surface area contributed by atoms with Crippen LogP contribution in [0, 0.1) is 0 Å². The van der Waals surface area contributed by atoms with Crippen LogP contribution in [0.2, 0.25) is 0 Å². The number of nitrogens with one attached hydrogen (secondary N) is 1. The lowest BCUT2D eigenvalue weighted by molar-refractivity contribution is -0.135. The van der Waals surface area contributed by atoms with E-state index in [9.17, 15) is 14.4 Å². The van der Waals surface area contributed by atoms with E-state index in [0.29, 0.717) is 0 Å². The molecular formula is C7H10N2O5. The number of rotatable bonds is 2. The Morgan fingerprint density at radius 3 is 2.50 bits per heavy atom. The van der Waals surface area contributed by atoms with Crippen LogP contribution in [-0.2, 0) is 14.3 Å². The van der Waals surface area contributed by atoms with Crippen molar-refractivity contribution in [2.45, 2.75) is 0 Å². The molecule has 3 amide bonds. The molecule has 1 rings (SSSR count). The first kappa shape index (κ1) is 10.5. The van der Waals surface area contributed by atoms with E-state index >= 15 is 0 Å². The van der Waals surface area contributed by atoms with Crippen LogP contribution < -0.4 is 5.32 Å². The van der Waals surface area contributed by atoms with Crippen LogP contribution in [0.25, 0.3) is 0 Å². The van der Waals surface area contributed by atoms with Crippen LogP contribution in [-0.4, -0.2) is 54.2 Å². The molecule has 0 aromatic heterocycles. The Kier molecular flexibility index (Phi) is 3.41. The molecule has 78 valence electrons. The first-order chi connectivity index (χ1) is 6.63. The number of piperazine rings is 1. The molecule has 1 heterocycles. The number of aliphatic hydroxyl groups is 1. The number of ether oxygens (including phenoxy) is 1.